The summed E-state index contributed by atoms with van der Waals surface area (Å²) in [6.07, 6.45) is -2.81. The fourth-order valence-corrected chi connectivity index (χ4v) is 3.81. The van der Waals surface area contributed by atoms with E-state index < -0.39 is 21.8 Å². The molecule has 0 spiro atoms. The maximum Gasteiger partial charge on any atom is 0.416 e. The molecule has 5 nitrogen and oxygen atoms in total. The largest absolute Gasteiger partial charge is 0.416 e. The number of rotatable bonds is 6. The van der Waals surface area contributed by atoms with Gasteiger partial charge in [0.1, 0.15) is 0 Å². The minimum atomic E-state index is -4.59. The highest BCUT2D eigenvalue weighted by atomic mass is 32.2. The van der Waals surface area contributed by atoms with Gasteiger partial charge in [0.2, 0.25) is 5.91 Å². The van der Waals surface area contributed by atoms with Crippen LogP contribution in [0, 0.1) is 5.92 Å². The second-order valence-corrected chi connectivity index (χ2v) is 8.72. The zero-order chi connectivity index (χ0) is 21.1. The first-order valence-electron chi connectivity index (χ1n) is 8.13. The molecule has 0 heterocycles. The molecule has 2 aromatic carbocycles. The summed E-state index contributed by atoms with van der Waals surface area (Å²) in [4.78, 5) is 12.5. The van der Waals surface area contributed by atoms with Gasteiger partial charge in [-0.1, -0.05) is 19.9 Å². The van der Waals surface area contributed by atoms with Crippen LogP contribution in [0.4, 0.5) is 24.5 Å². The van der Waals surface area contributed by atoms with Crippen molar-refractivity contribution in [1.82, 2.24) is 0 Å². The predicted molar refractivity (Wildman–Crippen MR) is 104 cm³/mol. The van der Waals surface area contributed by atoms with Crippen LogP contribution in [-0.4, -0.2) is 20.6 Å². The van der Waals surface area contributed by atoms with E-state index in [-0.39, 0.29) is 22.4 Å². The van der Waals surface area contributed by atoms with E-state index in [1.54, 1.807) is 20.1 Å². The van der Waals surface area contributed by atoms with Crippen LogP contribution in [0.25, 0.3) is 0 Å². The van der Waals surface area contributed by atoms with E-state index >= 15 is 0 Å². The highest BCUT2D eigenvalue weighted by Gasteiger charge is 2.30. The van der Waals surface area contributed by atoms with E-state index in [1.165, 1.54) is 36.0 Å². The van der Waals surface area contributed by atoms with Crippen LogP contribution in [0.15, 0.2) is 52.3 Å². The number of hydrogen-bond acceptors (Lipinski definition) is 4. The maximum absolute atomic E-state index is 12.8. The van der Waals surface area contributed by atoms with E-state index in [4.69, 9.17) is 0 Å². The lowest BCUT2D eigenvalue weighted by molar-refractivity contribution is -0.137. The van der Waals surface area contributed by atoms with Gasteiger partial charge in [-0.2, -0.15) is 13.2 Å². The van der Waals surface area contributed by atoms with Gasteiger partial charge in [-0.15, -0.1) is 11.8 Å². The summed E-state index contributed by atoms with van der Waals surface area (Å²) >= 11 is 1.32. The van der Waals surface area contributed by atoms with Crippen LogP contribution >= 0.6 is 11.8 Å². The molecule has 0 aliphatic heterocycles. The number of amides is 1. The molecule has 0 unspecified atom stereocenters. The Morgan fingerprint density at radius 2 is 1.79 bits per heavy atom. The molecule has 0 saturated heterocycles. The molecule has 1 amide bonds. The Labute approximate surface area is 165 Å². The lowest BCUT2D eigenvalue weighted by Crippen LogP contribution is -2.19. The summed E-state index contributed by atoms with van der Waals surface area (Å²) in [6.45, 7) is 3.40. The van der Waals surface area contributed by atoms with Crippen molar-refractivity contribution >= 4 is 39.1 Å². The number of hydrogen-bond donors (Lipinski definition) is 2. The molecule has 0 radical (unpaired) electrons. The first kappa shape index (κ1) is 22.1. The number of halogens is 3. The molecule has 0 aliphatic carbocycles. The molecule has 0 aromatic heterocycles. The predicted octanol–water partition coefficient (Wildman–Crippen LogP) is 4.82. The number of alkyl halides is 3. The third kappa shape index (κ3) is 5.41. The topological polar surface area (TPSA) is 75.3 Å². The number of carbonyl (C=O) groups excluding carboxylic acids is 1. The summed E-state index contributed by atoms with van der Waals surface area (Å²) in [7, 11) is -4.16. The quantitative estimate of drug-likeness (QED) is 0.642. The number of carbonyl (C=O) groups is 1. The van der Waals surface area contributed by atoms with Crippen molar-refractivity contribution < 1.29 is 26.4 Å². The van der Waals surface area contributed by atoms with E-state index in [0.717, 1.165) is 18.2 Å². The molecule has 2 rings (SSSR count). The highest BCUT2D eigenvalue weighted by molar-refractivity contribution is 7.98. The summed E-state index contributed by atoms with van der Waals surface area (Å²) in [6, 6.07) is 8.05. The Hall–Kier alpha value is -2.20. The van der Waals surface area contributed by atoms with Gasteiger partial charge in [0.25, 0.3) is 10.0 Å². The van der Waals surface area contributed by atoms with Crippen molar-refractivity contribution in [2.75, 3.05) is 16.3 Å². The highest BCUT2D eigenvalue weighted by Crippen LogP contribution is 2.32. The standard InChI is InChI=1S/C18H19F3N2O3S2/c1-11(2)17(24)22-15-10-14(7-8-16(15)27-3)28(25,26)23-13-6-4-5-12(9-13)18(19,20)21/h4-11,23H,1-3H3,(H,22,24). The molecule has 152 valence electrons. The van der Waals surface area contributed by atoms with Crippen LogP contribution in [0.3, 0.4) is 0 Å². The van der Waals surface area contributed by atoms with Crippen molar-refractivity contribution in [3.63, 3.8) is 0 Å². The SMILES string of the molecule is CSc1ccc(S(=O)(=O)Nc2cccc(C(F)(F)F)c2)cc1NC(=O)C(C)C. The lowest BCUT2D eigenvalue weighted by Gasteiger charge is -2.15. The molecule has 0 atom stereocenters. The van der Waals surface area contributed by atoms with Gasteiger partial charge in [0.15, 0.2) is 0 Å². The first-order chi connectivity index (χ1) is 12.9. The third-order valence-electron chi connectivity index (χ3n) is 3.71. The molecule has 28 heavy (non-hydrogen) atoms. The van der Waals surface area contributed by atoms with Crippen molar-refractivity contribution in [2.45, 2.75) is 29.8 Å². The van der Waals surface area contributed by atoms with Crippen molar-refractivity contribution in [1.29, 1.82) is 0 Å². The molecular formula is C18H19F3N2O3S2. The van der Waals surface area contributed by atoms with E-state index in [0.29, 0.717) is 10.6 Å². The average Bonchev–Trinajstić information content (AvgIpc) is 2.60. The Kier molecular flexibility index (Phi) is 6.66. The Balaban J connectivity index is 2.37. The van der Waals surface area contributed by atoms with E-state index in [1.807, 2.05) is 0 Å². The molecule has 0 saturated carbocycles. The zero-order valence-corrected chi connectivity index (χ0v) is 16.9. The smallest absolute Gasteiger partial charge is 0.325 e. The Bertz CT molecular complexity index is 974. The molecule has 2 aromatic rings. The van der Waals surface area contributed by atoms with E-state index in [9.17, 15) is 26.4 Å². The van der Waals surface area contributed by atoms with Gasteiger partial charge in [0, 0.05) is 16.5 Å². The van der Waals surface area contributed by atoms with Crippen LogP contribution < -0.4 is 10.0 Å². The summed E-state index contributed by atoms with van der Waals surface area (Å²) in [5.41, 5.74) is -0.857. The first-order valence-corrected chi connectivity index (χ1v) is 10.8. The number of thioether (sulfide) groups is 1. The second-order valence-electron chi connectivity index (χ2n) is 6.19. The summed E-state index contributed by atoms with van der Waals surface area (Å²) in [5.74, 6) is -0.589. The number of sulfonamides is 1. The number of anilines is 2. The van der Waals surface area contributed by atoms with Crippen LogP contribution in [0.1, 0.15) is 19.4 Å². The van der Waals surface area contributed by atoms with Crippen molar-refractivity contribution in [2.24, 2.45) is 5.92 Å². The van der Waals surface area contributed by atoms with Gasteiger partial charge in [-0.25, -0.2) is 8.42 Å². The minimum absolute atomic E-state index is 0.179. The normalized spacial score (nSPS) is 12.1. The van der Waals surface area contributed by atoms with Crippen molar-refractivity contribution in [3.8, 4) is 0 Å². The van der Waals surface area contributed by atoms with Gasteiger partial charge >= 0.3 is 6.18 Å². The zero-order valence-electron chi connectivity index (χ0n) is 15.3. The third-order valence-corrected chi connectivity index (χ3v) is 5.88. The van der Waals surface area contributed by atoms with Gasteiger partial charge < -0.3 is 5.32 Å². The Morgan fingerprint density at radius 1 is 1.11 bits per heavy atom. The Morgan fingerprint density at radius 3 is 2.36 bits per heavy atom. The molecule has 2 N–H and O–H groups in total. The molecule has 10 heteroatoms. The average molecular weight is 432 g/mol. The minimum Gasteiger partial charge on any atom is -0.325 e. The maximum atomic E-state index is 12.8. The molecule has 0 fully saturated rings. The van der Waals surface area contributed by atoms with Crippen molar-refractivity contribution in [3.05, 3.63) is 48.0 Å². The van der Waals surface area contributed by atoms with Crippen LogP contribution in [0.5, 0.6) is 0 Å². The summed E-state index contributed by atoms with van der Waals surface area (Å²) in [5, 5.41) is 2.67. The second kappa shape index (κ2) is 8.44. The fraction of sp³-hybridized carbons (Fsp3) is 0.278. The van der Waals surface area contributed by atoms with Crippen LogP contribution in [-0.2, 0) is 21.0 Å². The molecule has 0 bridgehead atoms. The number of nitrogens with one attached hydrogen (secondary N) is 2. The number of benzene rings is 2. The van der Waals surface area contributed by atoms with Gasteiger partial charge in [0.05, 0.1) is 16.1 Å². The molecular weight excluding hydrogens is 413 g/mol. The van der Waals surface area contributed by atoms with Gasteiger partial charge in [-0.3, -0.25) is 9.52 Å². The van der Waals surface area contributed by atoms with Gasteiger partial charge in [-0.05, 0) is 42.7 Å². The monoisotopic (exact) mass is 432 g/mol. The van der Waals surface area contributed by atoms with Crippen LogP contribution in [0.2, 0.25) is 0 Å². The molecule has 0 aliphatic rings. The van der Waals surface area contributed by atoms with E-state index in [2.05, 4.69) is 10.0 Å². The fourth-order valence-electron chi connectivity index (χ4n) is 2.20. The lowest BCUT2D eigenvalue weighted by atomic mass is 10.2. The summed E-state index contributed by atoms with van der Waals surface area (Å²) < 4.78 is 65.9.